The number of rotatable bonds is 6. The van der Waals surface area contributed by atoms with Gasteiger partial charge in [0.1, 0.15) is 18.5 Å². The molecule has 1 fully saturated rings. The van der Waals surface area contributed by atoms with Crippen molar-refractivity contribution in [3.05, 3.63) is 29.8 Å². The monoisotopic (exact) mass is 294 g/mol. The first kappa shape index (κ1) is 15.2. The topological polar surface area (TPSA) is 47.7 Å². The number of nitrogens with zero attached hydrogens (tertiary/aromatic N) is 1. The third-order valence-electron chi connectivity index (χ3n) is 3.41. The van der Waals surface area contributed by atoms with Gasteiger partial charge in [0.25, 0.3) is 0 Å². The average molecular weight is 294 g/mol. The van der Waals surface area contributed by atoms with E-state index in [2.05, 4.69) is 11.8 Å². The first-order valence-electron chi connectivity index (χ1n) is 7.01. The molecule has 1 aliphatic rings. The third kappa shape index (κ3) is 4.74. The second-order valence-corrected chi connectivity index (χ2v) is 5.51. The molecule has 5 heteroatoms. The molecular weight excluding hydrogens is 272 g/mol. The van der Waals surface area contributed by atoms with Crippen molar-refractivity contribution in [1.29, 1.82) is 0 Å². The zero-order valence-electron chi connectivity index (χ0n) is 11.9. The maximum absolute atomic E-state index is 5.78. The Labute approximate surface area is 125 Å². The zero-order valence-corrected chi connectivity index (χ0v) is 12.7. The summed E-state index contributed by atoms with van der Waals surface area (Å²) in [5.74, 6) is 0.855. The van der Waals surface area contributed by atoms with E-state index in [9.17, 15) is 0 Å². The molecule has 1 aromatic rings. The summed E-state index contributed by atoms with van der Waals surface area (Å²) >= 11 is 4.89. The maximum atomic E-state index is 5.78. The van der Waals surface area contributed by atoms with Gasteiger partial charge in [-0.3, -0.25) is 4.90 Å². The smallest absolute Gasteiger partial charge is 0.119 e. The van der Waals surface area contributed by atoms with Crippen LogP contribution in [0.5, 0.6) is 5.75 Å². The van der Waals surface area contributed by atoms with Crippen molar-refractivity contribution in [1.82, 2.24) is 4.90 Å². The molecule has 1 heterocycles. The van der Waals surface area contributed by atoms with E-state index in [1.54, 1.807) is 0 Å². The molecule has 20 heavy (non-hydrogen) atoms. The second-order valence-electron chi connectivity index (χ2n) is 4.98. The molecule has 0 radical (unpaired) electrons. The van der Waals surface area contributed by atoms with Gasteiger partial charge < -0.3 is 15.2 Å². The Balaban J connectivity index is 1.80. The lowest BCUT2D eigenvalue weighted by molar-refractivity contribution is -0.0464. The first-order chi connectivity index (χ1) is 9.67. The van der Waals surface area contributed by atoms with Crippen molar-refractivity contribution in [3.8, 4) is 5.75 Å². The summed E-state index contributed by atoms with van der Waals surface area (Å²) in [6.07, 6.45) is 0.785. The van der Waals surface area contributed by atoms with Gasteiger partial charge >= 0.3 is 0 Å². The Morgan fingerprint density at radius 3 is 2.85 bits per heavy atom. The Kier molecular flexibility index (Phi) is 5.76. The van der Waals surface area contributed by atoms with Crippen LogP contribution in [0.2, 0.25) is 0 Å². The maximum Gasteiger partial charge on any atom is 0.119 e. The number of likely N-dealkylation sites (N-methyl/N-ethyl adjacent to an activating group) is 1. The molecule has 1 aromatic carbocycles. The number of benzene rings is 1. The minimum Gasteiger partial charge on any atom is -0.491 e. The second kappa shape index (κ2) is 7.57. The van der Waals surface area contributed by atoms with Crippen molar-refractivity contribution in [3.63, 3.8) is 0 Å². The Bertz CT molecular complexity index is 436. The van der Waals surface area contributed by atoms with Crippen molar-refractivity contribution in [2.75, 3.05) is 32.8 Å². The van der Waals surface area contributed by atoms with E-state index in [1.165, 1.54) is 0 Å². The van der Waals surface area contributed by atoms with Gasteiger partial charge in [-0.1, -0.05) is 31.3 Å². The molecule has 0 amide bonds. The predicted octanol–water partition coefficient (Wildman–Crippen LogP) is 1.61. The fourth-order valence-corrected chi connectivity index (χ4v) is 2.43. The molecular formula is C15H22N2O2S. The number of thiocarbonyl (C=S) groups is 1. The fraction of sp³-hybridized carbons (Fsp3) is 0.533. The quantitative estimate of drug-likeness (QED) is 0.808. The van der Waals surface area contributed by atoms with Crippen LogP contribution in [0.15, 0.2) is 24.3 Å². The molecule has 0 aromatic heterocycles. The summed E-state index contributed by atoms with van der Waals surface area (Å²) in [6.45, 7) is 6.56. The molecule has 1 unspecified atom stereocenters. The number of morpholine rings is 1. The van der Waals surface area contributed by atoms with E-state index in [0.29, 0.717) is 18.0 Å². The number of ether oxygens (including phenoxy) is 2. The van der Waals surface area contributed by atoms with Crippen molar-refractivity contribution in [2.24, 2.45) is 5.73 Å². The zero-order chi connectivity index (χ0) is 14.4. The minimum absolute atomic E-state index is 0.153. The predicted molar refractivity (Wildman–Crippen MR) is 84.3 cm³/mol. The molecule has 1 aliphatic heterocycles. The summed E-state index contributed by atoms with van der Waals surface area (Å²) in [6, 6.07) is 7.89. The van der Waals surface area contributed by atoms with Gasteiger partial charge in [-0.05, 0) is 24.2 Å². The van der Waals surface area contributed by atoms with Crippen LogP contribution in [-0.2, 0) is 11.2 Å². The third-order valence-corrected chi connectivity index (χ3v) is 3.55. The lowest BCUT2D eigenvalue weighted by Crippen LogP contribution is -2.44. The molecule has 0 spiro atoms. The lowest BCUT2D eigenvalue weighted by atomic mass is 10.1. The summed E-state index contributed by atoms with van der Waals surface area (Å²) in [4.78, 5) is 2.89. The van der Waals surface area contributed by atoms with Crippen LogP contribution >= 0.6 is 12.2 Å². The molecule has 2 rings (SSSR count). The molecule has 0 aliphatic carbocycles. The van der Waals surface area contributed by atoms with E-state index in [1.807, 2.05) is 24.3 Å². The van der Waals surface area contributed by atoms with Gasteiger partial charge in [-0.25, -0.2) is 0 Å². The highest BCUT2D eigenvalue weighted by Crippen LogP contribution is 2.14. The standard InChI is InChI=1S/C15H22N2O2S/c1-2-17-7-8-18-14(10-17)11-19-13-5-3-12(4-6-13)9-15(16)20/h3-6,14H,2,7-11H2,1H3,(H2,16,20). The normalized spacial score (nSPS) is 19.8. The van der Waals surface area contributed by atoms with Gasteiger partial charge in [0, 0.05) is 19.5 Å². The van der Waals surface area contributed by atoms with Crippen molar-refractivity contribution < 1.29 is 9.47 Å². The largest absolute Gasteiger partial charge is 0.491 e. The summed E-state index contributed by atoms with van der Waals surface area (Å²) in [5.41, 5.74) is 6.63. The van der Waals surface area contributed by atoms with Gasteiger partial charge in [0.2, 0.25) is 0 Å². The van der Waals surface area contributed by atoms with Crippen LogP contribution < -0.4 is 10.5 Å². The van der Waals surface area contributed by atoms with Crippen LogP contribution in [0.4, 0.5) is 0 Å². The highest BCUT2D eigenvalue weighted by atomic mass is 32.1. The van der Waals surface area contributed by atoms with Gasteiger partial charge in [0.05, 0.1) is 11.6 Å². The van der Waals surface area contributed by atoms with Crippen molar-refractivity contribution >= 4 is 17.2 Å². The Morgan fingerprint density at radius 1 is 1.45 bits per heavy atom. The van der Waals surface area contributed by atoms with E-state index in [-0.39, 0.29) is 6.10 Å². The molecule has 0 saturated carbocycles. The SMILES string of the molecule is CCN1CCOC(COc2ccc(CC(N)=S)cc2)C1. The molecule has 2 N–H and O–H groups in total. The lowest BCUT2D eigenvalue weighted by Gasteiger charge is -2.31. The van der Waals surface area contributed by atoms with E-state index >= 15 is 0 Å². The molecule has 110 valence electrons. The summed E-state index contributed by atoms with van der Waals surface area (Å²) in [5, 5.41) is 0. The molecule has 1 atom stereocenters. The molecule has 0 bridgehead atoms. The van der Waals surface area contributed by atoms with Gasteiger partial charge in [-0.15, -0.1) is 0 Å². The highest BCUT2D eigenvalue weighted by molar-refractivity contribution is 7.80. The molecule has 1 saturated heterocycles. The number of hydrogen-bond acceptors (Lipinski definition) is 4. The first-order valence-corrected chi connectivity index (χ1v) is 7.42. The Morgan fingerprint density at radius 2 is 2.20 bits per heavy atom. The van der Waals surface area contributed by atoms with Crippen LogP contribution in [0.25, 0.3) is 0 Å². The summed E-state index contributed by atoms with van der Waals surface area (Å²) in [7, 11) is 0. The van der Waals surface area contributed by atoms with Crippen LogP contribution in [0, 0.1) is 0 Å². The van der Waals surface area contributed by atoms with Gasteiger partial charge in [0.15, 0.2) is 0 Å². The fourth-order valence-electron chi connectivity index (χ4n) is 2.26. The van der Waals surface area contributed by atoms with E-state index < -0.39 is 0 Å². The Hall–Kier alpha value is -1.17. The van der Waals surface area contributed by atoms with Crippen LogP contribution in [0.3, 0.4) is 0 Å². The van der Waals surface area contributed by atoms with E-state index in [4.69, 9.17) is 27.4 Å². The van der Waals surface area contributed by atoms with Crippen molar-refractivity contribution in [2.45, 2.75) is 19.4 Å². The number of hydrogen-bond donors (Lipinski definition) is 1. The van der Waals surface area contributed by atoms with Gasteiger partial charge in [-0.2, -0.15) is 0 Å². The minimum atomic E-state index is 0.153. The average Bonchev–Trinajstić information content (AvgIpc) is 2.46. The molecule has 4 nitrogen and oxygen atoms in total. The van der Waals surface area contributed by atoms with Crippen LogP contribution in [-0.4, -0.2) is 48.8 Å². The number of nitrogens with two attached hydrogens (primary N) is 1. The van der Waals surface area contributed by atoms with E-state index in [0.717, 1.165) is 37.6 Å². The summed E-state index contributed by atoms with van der Waals surface area (Å²) < 4.78 is 11.5. The highest BCUT2D eigenvalue weighted by Gasteiger charge is 2.19. The van der Waals surface area contributed by atoms with Crippen LogP contribution in [0.1, 0.15) is 12.5 Å².